The van der Waals surface area contributed by atoms with Gasteiger partial charge in [-0.15, -0.1) is 0 Å². The van der Waals surface area contributed by atoms with Crippen molar-refractivity contribution in [3.05, 3.63) is 58.8 Å². The summed E-state index contributed by atoms with van der Waals surface area (Å²) in [6.07, 6.45) is 2.67. The van der Waals surface area contributed by atoms with Crippen molar-refractivity contribution in [1.82, 2.24) is 9.55 Å². The summed E-state index contributed by atoms with van der Waals surface area (Å²) in [5, 5.41) is 0. The first-order valence-electron chi connectivity index (χ1n) is 5.37. The highest BCUT2D eigenvalue weighted by Gasteiger charge is 2.07. The maximum Gasteiger partial charge on any atom is 0.282 e. The van der Waals surface area contributed by atoms with E-state index in [0.29, 0.717) is 11.5 Å². The molecule has 0 saturated heterocycles. The minimum Gasteiger partial charge on any atom is -0.439 e. The fraction of sp³-hybridized carbons (Fsp3) is 0.0769. The molecule has 3 rings (SSSR count). The van der Waals surface area contributed by atoms with E-state index in [1.54, 1.807) is 0 Å². The van der Waals surface area contributed by atoms with E-state index in [0.717, 1.165) is 5.52 Å². The Balaban J connectivity index is 2.01. The van der Waals surface area contributed by atoms with Crippen LogP contribution in [0.15, 0.2) is 39.5 Å². The molecule has 18 heavy (non-hydrogen) atoms. The number of fused-ring (bicyclic) bond motifs is 1. The molecule has 5 heteroatoms. The predicted molar refractivity (Wildman–Crippen MR) is 65.9 cm³/mol. The molecule has 0 spiro atoms. The van der Waals surface area contributed by atoms with E-state index < -0.39 is 0 Å². The average molecular weight is 239 g/mol. The topological polar surface area (TPSA) is 74.1 Å². The lowest BCUT2D eigenvalue weighted by molar-refractivity contribution is 0.505. The molecule has 5 nitrogen and oxygen atoms in total. The molecule has 0 unspecified atom stereocenters. The maximum absolute atomic E-state index is 11.7. The van der Waals surface area contributed by atoms with Crippen molar-refractivity contribution in [2.45, 2.75) is 6.54 Å². The maximum atomic E-state index is 11.7. The van der Waals surface area contributed by atoms with E-state index in [1.165, 1.54) is 10.6 Å². The van der Waals surface area contributed by atoms with Crippen LogP contribution in [0.25, 0.3) is 11.1 Å². The zero-order chi connectivity index (χ0) is 12.5. The van der Waals surface area contributed by atoms with Crippen LogP contribution in [0.4, 0.5) is 5.69 Å². The van der Waals surface area contributed by atoms with Gasteiger partial charge in [0.25, 0.3) is 5.56 Å². The SMILES string of the molecule is Nc1cc#cn(Cc2nc3ccccc3o2)c1=O. The molecular formula is C13H9N3O2. The normalized spacial score (nSPS) is 10.4. The predicted octanol–water partition coefficient (Wildman–Crippen LogP) is 1.22. The molecule has 88 valence electrons. The van der Waals surface area contributed by atoms with E-state index in [9.17, 15) is 4.79 Å². The van der Waals surface area contributed by atoms with Crippen LogP contribution >= 0.6 is 0 Å². The highest BCUT2D eigenvalue weighted by molar-refractivity contribution is 5.72. The Kier molecular flexibility index (Phi) is 2.27. The summed E-state index contributed by atoms with van der Waals surface area (Å²) >= 11 is 0. The van der Waals surface area contributed by atoms with Gasteiger partial charge in [-0.25, -0.2) is 4.98 Å². The number of hydrogen-bond donors (Lipinski definition) is 1. The van der Waals surface area contributed by atoms with E-state index in [2.05, 4.69) is 17.2 Å². The molecule has 3 aromatic rings. The number of nitrogens with zero attached hydrogens (tertiary/aromatic N) is 2. The van der Waals surface area contributed by atoms with Gasteiger partial charge in [0, 0.05) is 12.3 Å². The molecule has 0 fully saturated rings. The first-order chi connectivity index (χ1) is 8.74. The van der Waals surface area contributed by atoms with Crippen molar-refractivity contribution in [3.63, 3.8) is 0 Å². The number of anilines is 1. The second kappa shape index (κ2) is 3.93. The Labute approximate surface area is 102 Å². The van der Waals surface area contributed by atoms with E-state index in [-0.39, 0.29) is 17.8 Å². The van der Waals surface area contributed by atoms with Crippen LogP contribution < -0.4 is 11.3 Å². The second-order valence-electron chi connectivity index (χ2n) is 3.82. The third-order valence-corrected chi connectivity index (χ3v) is 2.55. The van der Waals surface area contributed by atoms with Crippen LogP contribution in [-0.2, 0) is 6.54 Å². The number of rotatable bonds is 2. The van der Waals surface area contributed by atoms with Gasteiger partial charge in [0.15, 0.2) is 5.58 Å². The van der Waals surface area contributed by atoms with Crippen LogP contribution in [-0.4, -0.2) is 9.55 Å². The van der Waals surface area contributed by atoms with Crippen molar-refractivity contribution in [2.75, 3.05) is 5.73 Å². The highest BCUT2D eigenvalue weighted by Crippen LogP contribution is 2.14. The summed E-state index contributed by atoms with van der Waals surface area (Å²) in [5.74, 6) is 0.438. The van der Waals surface area contributed by atoms with Gasteiger partial charge >= 0.3 is 0 Å². The summed E-state index contributed by atoms with van der Waals surface area (Å²) in [5.41, 5.74) is 6.77. The Morgan fingerprint density at radius 1 is 1.39 bits per heavy atom. The number of nitrogen functional groups attached to an aromatic ring is 1. The number of aromatic nitrogens is 2. The third-order valence-electron chi connectivity index (χ3n) is 2.55. The summed E-state index contributed by atoms with van der Waals surface area (Å²) in [6, 6.07) is 11.5. The summed E-state index contributed by atoms with van der Waals surface area (Å²) < 4.78 is 6.81. The third kappa shape index (κ3) is 1.70. The first kappa shape index (κ1) is 10.4. The fourth-order valence-electron chi connectivity index (χ4n) is 1.69. The van der Waals surface area contributed by atoms with Crippen molar-refractivity contribution in [3.8, 4) is 0 Å². The number of oxazole rings is 1. The van der Waals surface area contributed by atoms with Crippen molar-refractivity contribution < 1.29 is 4.42 Å². The van der Waals surface area contributed by atoms with Gasteiger partial charge in [-0.2, -0.15) is 0 Å². The monoisotopic (exact) mass is 239 g/mol. The molecule has 0 radical (unpaired) electrons. The lowest BCUT2D eigenvalue weighted by Gasteiger charge is -1.98. The van der Waals surface area contributed by atoms with Gasteiger partial charge in [-0.05, 0) is 18.2 Å². The molecule has 2 heterocycles. The van der Waals surface area contributed by atoms with Crippen LogP contribution in [0, 0.1) is 12.3 Å². The fourth-order valence-corrected chi connectivity index (χ4v) is 1.69. The molecule has 2 aromatic heterocycles. The summed E-state index contributed by atoms with van der Waals surface area (Å²) in [7, 11) is 0. The minimum absolute atomic E-state index is 0.130. The van der Waals surface area contributed by atoms with Gasteiger partial charge < -0.3 is 10.2 Å². The zero-order valence-corrected chi connectivity index (χ0v) is 9.38. The molecule has 0 bridgehead atoms. The molecule has 2 N–H and O–H groups in total. The standard InChI is InChI=1S/C13H9N3O2/c14-9-4-3-7-16(13(9)17)8-12-15-10-5-1-2-6-11(10)18-12/h1-2,4-6H,8,14H2. The molecule has 0 saturated carbocycles. The van der Waals surface area contributed by atoms with Gasteiger partial charge in [0.05, 0.1) is 0 Å². The largest absolute Gasteiger partial charge is 0.439 e. The Bertz CT molecular complexity index is 725. The minimum atomic E-state index is -0.323. The molecular weight excluding hydrogens is 230 g/mol. The van der Waals surface area contributed by atoms with Gasteiger partial charge in [0.2, 0.25) is 5.89 Å². The zero-order valence-electron chi connectivity index (χ0n) is 9.38. The first-order valence-corrected chi connectivity index (χ1v) is 5.37. The van der Waals surface area contributed by atoms with E-state index in [1.807, 2.05) is 24.3 Å². The number of nitrogens with two attached hydrogens (primary N) is 1. The van der Waals surface area contributed by atoms with Gasteiger partial charge in [-0.1, -0.05) is 12.1 Å². The Morgan fingerprint density at radius 3 is 3.06 bits per heavy atom. The quantitative estimate of drug-likeness (QED) is 0.729. The number of para-hydroxylation sites is 2. The van der Waals surface area contributed by atoms with Crippen molar-refractivity contribution in [2.24, 2.45) is 0 Å². The lowest BCUT2D eigenvalue weighted by atomic mass is 10.3. The molecule has 0 atom stereocenters. The molecule has 1 aromatic carbocycles. The van der Waals surface area contributed by atoms with Gasteiger partial charge in [0.1, 0.15) is 17.7 Å². The second-order valence-corrected chi connectivity index (χ2v) is 3.82. The Hall–Kier alpha value is -2.74. The van der Waals surface area contributed by atoms with Crippen molar-refractivity contribution in [1.29, 1.82) is 0 Å². The number of benzene rings is 1. The average Bonchev–Trinajstić information content (AvgIpc) is 2.77. The van der Waals surface area contributed by atoms with E-state index in [4.69, 9.17) is 10.2 Å². The summed E-state index contributed by atoms with van der Waals surface area (Å²) in [4.78, 5) is 16.0. The summed E-state index contributed by atoms with van der Waals surface area (Å²) in [6.45, 7) is 0.190. The molecule has 0 aliphatic heterocycles. The molecule has 0 amide bonds. The van der Waals surface area contributed by atoms with Crippen LogP contribution in [0.3, 0.4) is 0 Å². The molecule has 0 aliphatic rings. The van der Waals surface area contributed by atoms with E-state index >= 15 is 0 Å². The smallest absolute Gasteiger partial charge is 0.282 e. The van der Waals surface area contributed by atoms with Crippen molar-refractivity contribution >= 4 is 16.8 Å². The highest BCUT2D eigenvalue weighted by atomic mass is 16.3. The number of hydrogen-bond acceptors (Lipinski definition) is 4. The van der Waals surface area contributed by atoms with Crippen LogP contribution in [0.1, 0.15) is 5.89 Å². The van der Waals surface area contributed by atoms with Crippen LogP contribution in [0.2, 0.25) is 0 Å². The molecule has 0 aliphatic carbocycles. The van der Waals surface area contributed by atoms with Crippen LogP contribution in [0.5, 0.6) is 0 Å². The Morgan fingerprint density at radius 2 is 2.22 bits per heavy atom. The lowest BCUT2D eigenvalue weighted by Crippen LogP contribution is -2.21. The van der Waals surface area contributed by atoms with Gasteiger partial charge in [-0.3, -0.25) is 9.36 Å².